The van der Waals surface area contributed by atoms with E-state index in [1.54, 1.807) is 41.3 Å². The summed E-state index contributed by atoms with van der Waals surface area (Å²) in [5.41, 5.74) is 2.07. The summed E-state index contributed by atoms with van der Waals surface area (Å²) >= 11 is 0. The van der Waals surface area contributed by atoms with Gasteiger partial charge in [-0.15, -0.1) is 0 Å². The lowest BCUT2D eigenvalue weighted by molar-refractivity contribution is -0.117. The number of anilines is 2. The molecule has 2 aromatic carbocycles. The zero-order valence-electron chi connectivity index (χ0n) is 15.6. The quantitative estimate of drug-likeness (QED) is 0.767. The Morgan fingerprint density at radius 2 is 2.00 bits per heavy atom. The highest BCUT2D eigenvalue weighted by atomic mass is 16.5. The van der Waals surface area contributed by atoms with Crippen LogP contribution in [-0.4, -0.2) is 36.5 Å². The molecule has 3 rings (SSSR count). The number of rotatable bonds is 7. The van der Waals surface area contributed by atoms with Crippen LogP contribution in [0.4, 0.5) is 11.4 Å². The largest absolute Gasteiger partial charge is 0.494 e. The van der Waals surface area contributed by atoms with Crippen molar-refractivity contribution in [3.63, 3.8) is 0 Å². The number of aryl methyl sites for hydroxylation is 1. The van der Waals surface area contributed by atoms with Crippen LogP contribution >= 0.6 is 0 Å². The third-order valence-corrected chi connectivity index (χ3v) is 4.70. The molecule has 2 N–H and O–H groups in total. The van der Waals surface area contributed by atoms with E-state index in [2.05, 4.69) is 5.32 Å². The molecule has 0 spiro atoms. The number of nitrogens with one attached hydrogen (secondary N) is 1. The number of carboxylic acids is 1. The fraction of sp³-hybridized carbons (Fsp3) is 0.286. The van der Waals surface area contributed by atoms with Gasteiger partial charge in [0, 0.05) is 31.1 Å². The first kappa shape index (κ1) is 19.4. The summed E-state index contributed by atoms with van der Waals surface area (Å²) in [6, 6.07) is 11.8. The molecule has 1 aliphatic heterocycles. The Hall–Kier alpha value is -3.35. The number of carboxylic acid groups (broad SMARTS) is 1. The molecule has 28 heavy (non-hydrogen) atoms. The van der Waals surface area contributed by atoms with Gasteiger partial charge < -0.3 is 20.1 Å². The summed E-state index contributed by atoms with van der Waals surface area (Å²) in [4.78, 5) is 37.2. The molecule has 0 bridgehead atoms. The van der Waals surface area contributed by atoms with E-state index >= 15 is 0 Å². The molecule has 1 aliphatic rings. The standard InChI is InChI=1S/C21H22N2O5/c1-28-18-13-15(9-10-17(18)23-12-4-7-20(23)25)22-19(24)11-8-14-5-2-3-6-16(14)21(26)27/h2-3,5-6,9-10,13H,4,7-8,11-12H2,1H3,(H,22,24)(H,26,27). The molecule has 0 aromatic heterocycles. The number of benzene rings is 2. The number of hydrogen-bond acceptors (Lipinski definition) is 4. The van der Waals surface area contributed by atoms with Gasteiger partial charge in [0.15, 0.2) is 0 Å². The summed E-state index contributed by atoms with van der Waals surface area (Å²) in [6.07, 6.45) is 1.82. The summed E-state index contributed by atoms with van der Waals surface area (Å²) < 4.78 is 5.39. The zero-order valence-corrected chi connectivity index (χ0v) is 15.6. The topological polar surface area (TPSA) is 95.9 Å². The molecule has 2 aromatic rings. The highest BCUT2D eigenvalue weighted by molar-refractivity contribution is 5.98. The van der Waals surface area contributed by atoms with Crippen molar-refractivity contribution in [2.24, 2.45) is 0 Å². The Labute approximate surface area is 162 Å². The minimum absolute atomic E-state index is 0.0622. The van der Waals surface area contributed by atoms with Crippen LogP contribution in [0.1, 0.15) is 35.2 Å². The average molecular weight is 382 g/mol. The predicted molar refractivity (Wildman–Crippen MR) is 105 cm³/mol. The number of ether oxygens (including phenoxy) is 1. The van der Waals surface area contributed by atoms with Crippen LogP contribution < -0.4 is 15.0 Å². The van der Waals surface area contributed by atoms with Crippen LogP contribution in [0.5, 0.6) is 5.75 Å². The Morgan fingerprint density at radius 1 is 1.21 bits per heavy atom. The predicted octanol–water partition coefficient (Wildman–Crippen LogP) is 3.09. The maximum absolute atomic E-state index is 12.3. The van der Waals surface area contributed by atoms with E-state index in [1.165, 1.54) is 13.2 Å². The molecule has 0 radical (unpaired) electrons. The van der Waals surface area contributed by atoms with Crippen molar-refractivity contribution in [3.05, 3.63) is 53.6 Å². The number of carbonyl (C=O) groups excluding carboxylic acids is 2. The molecule has 0 saturated carbocycles. The highest BCUT2D eigenvalue weighted by Crippen LogP contribution is 2.33. The minimum Gasteiger partial charge on any atom is -0.494 e. The molecule has 2 amide bonds. The summed E-state index contributed by atoms with van der Waals surface area (Å²) in [6.45, 7) is 0.657. The van der Waals surface area contributed by atoms with E-state index < -0.39 is 5.97 Å². The second-order valence-electron chi connectivity index (χ2n) is 6.55. The molecule has 1 heterocycles. The zero-order chi connectivity index (χ0) is 20.1. The molecule has 1 fully saturated rings. The van der Waals surface area contributed by atoms with Crippen molar-refractivity contribution in [2.45, 2.75) is 25.7 Å². The first-order valence-corrected chi connectivity index (χ1v) is 9.09. The lowest BCUT2D eigenvalue weighted by Gasteiger charge is -2.19. The summed E-state index contributed by atoms with van der Waals surface area (Å²) in [5, 5.41) is 12.0. The number of aromatic carboxylic acids is 1. The molecule has 0 aliphatic carbocycles. The molecule has 146 valence electrons. The first-order valence-electron chi connectivity index (χ1n) is 9.09. The fourth-order valence-corrected chi connectivity index (χ4v) is 3.30. The van der Waals surface area contributed by atoms with Crippen LogP contribution in [0.25, 0.3) is 0 Å². The lowest BCUT2D eigenvalue weighted by Crippen LogP contribution is -2.24. The van der Waals surface area contributed by atoms with Gasteiger partial charge in [-0.1, -0.05) is 18.2 Å². The van der Waals surface area contributed by atoms with Gasteiger partial charge in [0.2, 0.25) is 11.8 Å². The fourth-order valence-electron chi connectivity index (χ4n) is 3.30. The molecular formula is C21H22N2O5. The highest BCUT2D eigenvalue weighted by Gasteiger charge is 2.24. The molecule has 0 atom stereocenters. The Bertz CT molecular complexity index is 909. The summed E-state index contributed by atoms with van der Waals surface area (Å²) in [5.74, 6) is -0.656. The second-order valence-corrected chi connectivity index (χ2v) is 6.55. The van der Waals surface area contributed by atoms with Gasteiger partial charge in [-0.3, -0.25) is 9.59 Å². The van der Waals surface area contributed by atoms with Crippen molar-refractivity contribution in [2.75, 3.05) is 23.9 Å². The monoisotopic (exact) mass is 382 g/mol. The Kier molecular flexibility index (Phi) is 5.93. The van der Waals surface area contributed by atoms with Crippen molar-refractivity contribution < 1.29 is 24.2 Å². The van der Waals surface area contributed by atoms with Crippen molar-refractivity contribution in [1.29, 1.82) is 0 Å². The number of hydrogen-bond donors (Lipinski definition) is 2. The third-order valence-electron chi connectivity index (χ3n) is 4.70. The number of amides is 2. The van der Waals surface area contributed by atoms with Gasteiger partial charge in [-0.25, -0.2) is 4.79 Å². The maximum Gasteiger partial charge on any atom is 0.335 e. The number of carbonyl (C=O) groups is 3. The van der Waals surface area contributed by atoms with Crippen molar-refractivity contribution in [3.8, 4) is 5.75 Å². The van der Waals surface area contributed by atoms with Crippen LogP contribution in [0.15, 0.2) is 42.5 Å². The van der Waals surface area contributed by atoms with E-state index in [4.69, 9.17) is 4.74 Å². The van der Waals surface area contributed by atoms with Crippen LogP contribution in [0, 0.1) is 0 Å². The van der Waals surface area contributed by atoms with Gasteiger partial charge in [0.05, 0.1) is 18.4 Å². The van der Waals surface area contributed by atoms with Gasteiger partial charge in [-0.2, -0.15) is 0 Å². The number of nitrogens with zero attached hydrogens (tertiary/aromatic N) is 1. The molecule has 7 nitrogen and oxygen atoms in total. The summed E-state index contributed by atoms with van der Waals surface area (Å²) in [7, 11) is 1.52. The molecule has 0 unspecified atom stereocenters. The molecule has 7 heteroatoms. The maximum atomic E-state index is 12.3. The second kappa shape index (κ2) is 8.56. The van der Waals surface area contributed by atoms with Crippen molar-refractivity contribution in [1.82, 2.24) is 0 Å². The van der Waals surface area contributed by atoms with Crippen molar-refractivity contribution >= 4 is 29.2 Å². The molecular weight excluding hydrogens is 360 g/mol. The van der Waals surface area contributed by atoms with E-state index in [0.29, 0.717) is 42.1 Å². The molecule has 1 saturated heterocycles. The third kappa shape index (κ3) is 4.31. The van der Waals surface area contributed by atoms with E-state index in [1.807, 2.05) is 0 Å². The normalized spacial score (nSPS) is 13.5. The van der Waals surface area contributed by atoms with Crippen LogP contribution in [0.2, 0.25) is 0 Å². The minimum atomic E-state index is -1.01. The van der Waals surface area contributed by atoms with Gasteiger partial charge in [-0.05, 0) is 36.6 Å². The van der Waals surface area contributed by atoms with Gasteiger partial charge in [0.25, 0.3) is 0 Å². The van der Waals surface area contributed by atoms with Crippen LogP contribution in [0.3, 0.4) is 0 Å². The van der Waals surface area contributed by atoms with Gasteiger partial charge >= 0.3 is 5.97 Å². The van der Waals surface area contributed by atoms with E-state index in [0.717, 1.165) is 6.42 Å². The van der Waals surface area contributed by atoms with E-state index in [-0.39, 0.29) is 23.8 Å². The smallest absolute Gasteiger partial charge is 0.335 e. The average Bonchev–Trinajstić information content (AvgIpc) is 3.12. The Morgan fingerprint density at radius 3 is 2.68 bits per heavy atom. The van der Waals surface area contributed by atoms with Crippen LogP contribution in [-0.2, 0) is 16.0 Å². The van der Waals surface area contributed by atoms with Gasteiger partial charge in [0.1, 0.15) is 5.75 Å². The SMILES string of the molecule is COc1cc(NC(=O)CCc2ccccc2C(=O)O)ccc1N1CCCC1=O. The Balaban J connectivity index is 1.66. The number of methoxy groups -OCH3 is 1. The first-order chi connectivity index (χ1) is 13.5. The van der Waals surface area contributed by atoms with E-state index in [9.17, 15) is 19.5 Å². The lowest BCUT2D eigenvalue weighted by atomic mass is 10.0.